The maximum absolute atomic E-state index is 12.3. The third-order valence-electron chi connectivity index (χ3n) is 3.47. The molecule has 0 aliphatic carbocycles. The summed E-state index contributed by atoms with van der Waals surface area (Å²) in [6, 6.07) is 14.7. The van der Waals surface area contributed by atoms with Gasteiger partial charge in [0.1, 0.15) is 18.1 Å². The lowest BCUT2D eigenvalue weighted by molar-refractivity contribution is -0.134. The van der Waals surface area contributed by atoms with Crippen molar-refractivity contribution in [3.8, 4) is 11.5 Å². The van der Waals surface area contributed by atoms with Gasteiger partial charge in [-0.25, -0.2) is 0 Å². The zero-order chi connectivity index (χ0) is 17.6. The Morgan fingerprint density at radius 1 is 1.12 bits per heavy atom. The quantitative estimate of drug-likeness (QED) is 0.770. The number of hydrogen-bond donors (Lipinski definition) is 1. The van der Waals surface area contributed by atoms with Gasteiger partial charge >= 0.3 is 0 Å². The molecule has 0 aromatic heterocycles. The van der Waals surface area contributed by atoms with E-state index in [4.69, 9.17) is 21.1 Å². The highest BCUT2D eigenvalue weighted by Crippen LogP contribution is 2.21. The molecule has 24 heavy (non-hydrogen) atoms. The summed E-state index contributed by atoms with van der Waals surface area (Å²) in [7, 11) is 0. The fourth-order valence-corrected chi connectivity index (χ4v) is 2.23. The molecule has 2 aromatic carbocycles. The van der Waals surface area contributed by atoms with Crippen LogP contribution in [0.15, 0.2) is 48.5 Å². The number of ether oxygens (including phenoxy) is 2. The molecule has 0 saturated heterocycles. The van der Waals surface area contributed by atoms with E-state index in [0.29, 0.717) is 23.9 Å². The van der Waals surface area contributed by atoms with E-state index in [-0.39, 0.29) is 5.91 Å². The van der Waals surface area contributed by atoms with Crippen molar-refractivity contribution >= 4 is 17.5 Å². The average molecular weight is 348 g/mol. The second-order valence-corrected chi connectivity index (χ2v) is 6.37. The van der Waals surface area contributed by atoms with Gasteiger partial charge < -0.3 is 14.8 Å². The first-order valence-electron chi connectivity index (χ1n) is 7.80. The van der Waals surface area contributed by atoms with Crippen LogP contribution in [-0.2, 0) is 4.79 Å². The Morgan fingerprint density at radius 3 is 2.46 bits per heavy atom. The lowest BCUT2D eigenvalue weighted by Crippen LogP contribution is -2.47. The van der Waals surface area contributed by atoms with Crippen LogP contribution in [-0.4, -0.2) is 24.7 Å². The Balaban J connectivity index is 1.80. The van der Waals surface area contributed by atoms with Crippen molar-refractivity contribution in [1.82, 2.24) is 5.32 Å². The van der Waals surface area contributed by atoms with Crippen LogP contribution in [0.25, 0.3) is 0 Å². The van der Waals surface area contributed by atoms with Crippen LogP contribution in [0.2, 0.25) is 5.02 Å². The van der Waals surface area contributed by atoms with E-state index in [9.17, 15) is 4.79 Å². The zero-order valence-electron chi connectivity index (χ0n) is 14.1. The summed E-state index contributed by atoms with van der Waals surface area (Å²) in [5.41, 5.74) is 0.0754. The van der Waals surface area contributed by atoms with Crippen molar-refractivity contribution in [2.75, 3.05) is 13.2 Å². The lowest BCUT2D eigenvalue weighted by atomic mass is 10.1. The number of rotatable bonds is 7. The van der Waals surface area contributed by atoms with E-state index in [2.05, 4.69) is 5.32 Å². The van der Waals surface area contributed by atoms with Gasteiger partial charge in [-0.1, -0.05) is 29.8 Å². The summed E-state index contributed by atoms with van der Waals surface area (Å²) < 4.78 is 11.4. The van der Waals surface area contributed by atoms with Crippen molar-refractivity contribution in [3.63, 3.8) is 0 Å². The molecule has 4 nitrogen and oxygen atoms in total. The summed E-state index contributed by atoms with van der Waals surface area (Å²) in [6.45, 7) is 6.23. The molecular formula is C19H22ClNO3. The molecule has 5 heteroatoms. The summed E-state index contributed by atoms with van der Waals surface area (Å²) in [6.07, 6.45) is 0. The second-order valence-electron chi connectivity index (χ2n) is 5.94. The summed E-state index contributed by atoms with van der Waals surface area (Å²) in [4.78, 5) is 12.3. The molecule has 0 atom stereocenters. The number of amides is 1. The standard InChI is InChI=1S/C19H22ClNO3/c1-14-6-4-5-7-17(14)23-13-12-21-18(22)19(2,3)24-16-10-8-15(20)9-11-16/h4-11H,12-13H2,1-3H3,(H,21,22). The van der Waals surface area contributed by atoms with Crippen LogP contribution in [0.5, 0.6) is 11.5 Å². The van der Waals surface area contributed by atoms with Crippen molar-refractivity contribution in [2.24, 2.45) is 0 Å². The number of benzene rings is 2. The smallest absolute Gasteiger partial charge is 0.263 e. The Labute approximate surface area is 147 Å². The van der Waals surface area contributed by atoms with Crippen molar-refractivity contribution in [3.05, 3.63) is 59.1 Å². The average Bonchev–Trinajstić information content (AvgIpc) is 2.55. The third kappa shape index (κ3) is 5.17. The molecule has 0 spiro atoms. The summed E-state index contributed by atoms with van der Waals surface area (Å²) in [5, 5.41) is 3.45. The molecule has 0 bridgehead atoms. The second kappa shape index (κ2) is 8.06. The fraction of sp³-hybridized carbons (Fsp3) is 0.316. The predicted octanol–water partition coefficient (Wildman–Crippen LogP) is 4.00. The van der Waals surface area contributed by atoms with E-state index >= 15 is 0 Å². The van der Waals surface area contributed by atoms with E-state index < -0.39 is 5.60 Å². The third-order valence-corrected chi connectivity index (χ3v) is 3.72. The number of para-hydroxylation sites is 1. The van der Waals surface area contributed by atoms with Gasteiger partial charge in [0.2, 0.25) is 0 Å². The fourth-order valence-electron chi connectivity index (χ4n) is 2.10. The molecule has 0 unspecified atom stereocenters. The van der Waals surface area contributed by atoms with E-state index in [1.165, 1.54) is 0 Å². The van der Waals surface area contributed by atoms with Crippen LogP contribution in [0.4, 0.5) is 0 Å². The number of carbonyl (C=O) groups excluding carboxylic acids is 1. The number of carbonyl (C=O) groups is 1. The van der Waals surface area contributed by atoms with Gasteiger partial charge in [-0.15, -0.1) is 0 Å². The molecule has 1 N–H and O–H groups in total. The van der Waals surface area contributed by atoms with E-state index in [1.54, 1.807) is 38.1 Å². The van der Waals surface area contributed by atoms with Crippen LogP contribution in [0.1, 0.15) is 19.4 Å². The monoisotopic (exact) mass is 347 g/mol. The summed E-state index contributed by atoms with van der Waals surface area (Å²) >= 11 is 5.84. The molecule has 0 saturated carbocycles. The molecule has 0 radical (unpaired) electrons. The summed E-state index contributed by atoms with van der Waals surface area (Å²) in [5.74, 6) is 1.21. The SMILES string of the molecule is Cc1ccccc1OCCNC(=O)C(C)(C)Oc1ccc(Cl)cc1. The highest BCUT2D eigenvalue weighted by atomic mass is 35.5. The Hall–Kier alpha value is -2.20. The molecule has 0 fully saturated rings. The molecule has 0 heterocycles. The molecule has 2 rings (SSSR count). The van der Waals surface area contributed by atoms with Gasteiger partial charge in [0, 0.05) is 5.02 Å². The first-order chi connectivity index (χ1) is 11.4. The van der Waals surface area contributed by atoms with Crippen LogP contribution >= 0.6 is 11.6 Å². The van der Waals surface area contributed by atoms with Crippen LogP contribution < -0.4 is 14.8 Å². The highest BCUT2D eigenvalue weighted by molar-refractivity contribution is 6.30. The number of nitrogens with one attached hydrogen (secondary N) is 1. The zero-order valence-corrected chi connectivity index (χ0v) is 14.9. The maximum atomic E-state index is 12.3. The van der Waals surface area contributed by atoms with Crippen molar-refractivity contribution in [1.29, 1.82) is 0 Å². The number of halogens is 1. The van der Waals surface area contributed by atoms with Crippen molar-refractivity contribution < 1.29 is 14.3 Å². The van der Waals surface area contributed by atoms with Crippen LogP contribution in [0.3, 0.4) is 0 Å². The maximum Gasteiger partial charge on any atom is 0.263 e. The minimum absolute atomic E-state index is 0.203. The number of aryl methyl sites for hydroxylation is 1. The topological polar surface area (TPSA) is 47.6 Å². The van der Waals surface area contributed by atoms with Crippen LogP contribution in [0, 0.1) is 6.92 Å². The lowest BCUT2D eigenvalue weighted by Gasteiger charge is -2.25. The van der Waals surface area contributed by atoms with Gasteiger partial charge in [-0.2, -0.15) is 0 Å². The normalized spacial score (nSPS) is 11.0. The van der Waals surface area contributed by atoms with Gasteiger partial charge in [-0.3, -0.25) is 4.79 Å². The van der Waals surface area contributed by atoms with E-state index in [1.807, 2.05) is 31.2 Å². The molecule has 0 aliphatic rings. The molecule has 1 amide bonds. The largest absolute Gasteiger partial charge is 0.491 e. The molecule has 128 valence electrons. The Bertz CT molecular complexity index is 683. The van der Waals surface area contributed by atoms with Gasteiger partial charge in [0.05, 0.1) is 6.54 Å². The minimum Gasteiger partial charge on any atom is -0.491 e. The molecule has 0 aliphatic heterocycles. The van der Waals surface area contributed by atoms with Gasteiger partial charge in [0.25, 0.3) is 5.91 Å². The molecular weight excluding hydrogens is 326 g/mol. The Kier molecular flexibility index (Phi) is 6.10. The number of hydrogen-bond acceptors (Lipinski definition) is 3. The Morgan fingerprint density at radius 2 is 1.79 bits per heavy atom. The highest BCUT2D eigenvalue weighted by Gasteiger charge is 2.29. The molecule has 2 aromatic rings. The minimum atomic E-state index is -0.990. The first kappa shape index (κ1) is 18.1. The van der Waals surface area contributed by atoms with E-state index in [0.717, 1.165) is 11.3 Å². The van der Waals surface area contributed by atoms with Gasteiger partial charge in [-0.05, 0) is 56.7 Å². The van der Waals surface area contributed by atoms with Gasteiger partial charge in [0.15, 0.2) is 5.60 Å². The first-order valence-corrected chi connectivity index (χ1v) is 8.17. The predicted molar refractivity (Wildman–Crippen MR) is 95.8 cm³/mol. The van der Waals surface area contributed by atoms with Crippen molar-refractivity contribution in [2.45, 2.75) is 26.4 Å².